The Hall–Kier alpha value is -4.78. The molecule has 1 saturated heterocycles. The molecule has 3 aliphatic carbocycles. The van der Waals surface area contributed by atoms with Crippen molar-refractivity contribution < 1.29 is 46.2 Å². The molecule has 1 aliphatic heterocycles. The van der Waals surface area contributed by atoms with Gasteiger partial charge in [0, 0.05) is 68.4 Å². The highest BCUT2D eigenvalue weighted by Crippen LogP contribution is 2.53. The second kappa shape index (κ2) is 12.8. The van der Waals surface area contributed by atoms with Gasteiger partial charge in [0.2, 0.25) is 0 Å². The number of nitrogens with two attached hydrogens (primary N) is 1. The summed E-state index contributed by atoms with van der Waals surface area (Å²) in [5, 5.41) is 18.8. The van der Waals surface area contributed by atoms with E-state index < -0.39 is 47.6 Å². The van der Waals surface area contributed by atoms with E-state index in [1.165, 1.54) is 25.2 Å². The number of rotatable bonds is 7. The smallest absolute Gasteiger partial charge is 0.435 e. The summed E-state index contributed by atoms with van der Waals surface area (Å²) in [4.78, 5) is 52.5. The maximum absolute atomic E-state index is 13.7. The monoisotopic (exact) mass is 727 g/mol. The molecule has 0 radical (unpaired) electrons. The number of amides is 4. The van der Waals surface area contributed by atoms with E-state index in [-0.39, 0.29) is 70.3 Å². The number of hydrogen-bond acceptors (Lipinski definition) is 7. The van der Waals surface area contributed by atoms with Gasteiger partial charge in [-0.15, -0.1) is 0 Å². The number of carboxylic acid groups (broad SMARTS) is 1. The predicted octanol–water partition coefficient (Wildman–Crippen LogP) is 3.35. The molecular formula is C30H31ClF5N9O5. The summed E-state index contributed by atoms with van der Waals surface area (Å²) in [5.74, 6) is -4.33. The summed E-state index contributed by atoms with van der Waals surface area (Å²) in [7, 11) is 1.31. The fraction of sp³-hybridized carbons (Fsp3) is 0.467. The third-order valence-corrected chi connectivity index (χ3v) is 9.65. The van der Waals surface area contributed by atoms with Gasteiger partial charge in [-0.1, -0.05) is 11.6 Å². The fourth-order valence-corrected chi connectivity index (χ4v) is 6.72. The Morgan fingerprint density at radius 1 is 1.12 bits per heavy atom. The molecule has 0 spiro atoms. The van der Waals surface area contributed by atoms with Crippen molar-refractivity contribution in [1.82, 2.24) is 34.9 Å². The SMILES string of the molecule is Cn1c(-c2cn(C3CC3(F)F)nc2C(F)(F)F)cnc1C(=O)Nc1ccc(C(=O)NC2C3CN(C(=O)N[C@H]4C[C@@H](N)C4)CC32)c(Cl)c1.O=CO. The first-order valence-electron chi connectivity index (χ1n) is 15.4. The van der Waals surface area contributed by atoms with Gasteiger partial charge < -0.3 is 36.3 Å². The molecule has 4 fully saturated rings. The highest BCUT2D eigenvalue weighted by atomic mass is 35.5. The number of carbonyl (C=O) groups excluding carboxylic acids is 3. The maximum Gasteiger partial charge on any atom is 0.435 e. The number of halogens is 6. The number of aromatic nitrogens is 4. The molecule has 1 aromatic carbocycles. The molecule has 3 saturated carbocycles. The Labute approximate surface area is 285 Å². The van der Waals surface area contributed by atoms with Crippen LogP contribution in [0, 0.1) is 11.8 Å². The van der Waals surface area contributed by atoms with E-state index in [9.17, 15) is 36.3 Å². The van der Waals surface area contributed by atoms with Crippen LogP contribution in [0.1, 0.15) is 52.0 Å². The number of urea groups is 1. The highest BCUT2D eigenvalue weighted by Gasteiger charge is 2.60. The van der Waals surface area contributed by atoms with E-state index in [0.29, 0.717) is 17.8 Å². The lowest BCUT2D eigenvalue weighted by molar-refractivity contribution is -0.141. The van der Waals surface area contributed by atoms with Gasteiger partial charge in [0.05, 0.1) is 28.0 Å². The van der Waals surface area contributed by atoms with Crippen LogP contribution in [-0.4, -0.2) is 90.8 Å². The first-order valence-corrected chi connectivity index (χ1v) is 15.8. The second-order valence-electron chi connectivity index (χ2n) is 12.7. The van der Waals surface area contributed by atoms with Crippen molar-refractivity contribution in [2.45, 2.75) is 55.5 Å². The molecule has 50 heavy (non-hydrogen) atoms. The normalized spacial score (nSPS) is 25.7. The summed E-state index contributed by atoms with van der Waals surface area (Å²) in [6.07, 6.45) is -2.12. The summed E-state index contributed by atoms with van der Waals surface area (Å²) in [6.45, 7) is 0.814. The Morgan fingerprint density at radius 2 is 1.76 bits per heavy atom. The molecule has 2 aromatic heterocycles. The molecule has 3 atom stereocenters. The van der Waals surface area contributed by atoms with Gasteiger partial charge in [0.25, 0.3) is 24.2 Å². The lowest BCUT2D eigenvalue weighted by Gasteiger charge is -2.34. The van der Waals surface area contributed by atoms with Gasteiger partial charge >= 0.3 is 12.2 Å². The molecule has 7 rings (SSSR count). The van der Waals surface area contributed by atoms with Crippen LogP contribution in [0.3, 0.4) is 0 Å². The van der Waals surface area contributed by atoms with Crippen LogP contribution in [0.25, 0.3) is 11.3 Å². The zero-order chi connectivity index (χ0) is 36.3. The molecule has 4 aliphatic rings. The molecule has 3 heterocycles. The first kappa shape index (κ1) is 35.1. The number of piperidine rings is 1. The highest BCUT2D eigenvalue weighted by molar-refractivity contribution is 6.34. The molecule has 20 heteroatoms. The Kier molecular flexibility index (Phi) is 9.00. The average Bonchev–Trinajstić information content (AvgIpc) is 3.52. The zero-order valence-electron chi connectivity index (χ0n) is 26.1. The number of imidazole rings is 1. The largest absolute Gasteiger partial charge is 0.483 e. The van der Waals surface area contributed by atoms with Crippen LogP contribution >= 0.6 is 11.6 Å². The average molecular weight is 728 g/mol. The quantitative estimate of drug-likeness (QED) is 0.181. The standard InChI is InChI=1S/C29H29ClF5N9O3.CH2O2/c1-42-20(18-11-44(21-7-28(21,31)32)41-23(18)29(33,34)35)8-37-24(42)26(46)38-13-2-3-15(19(30)6-13)25(45)40-22-16-9-43(10-17(16)22)27(47)39-14-4-12(36)5-14;2-1-3/h2-3,6,8,11-12,14,16-17,21-22H,4-5,7,9-10,36H2,1H3,(H,38,46)(H,39,47)(H,40,45);1H,(H,2,3)/t12-,14+,16?,17?,21?,22?;. The minimum atomic E-state index is -4.94. The second-order valence-corrected chi connectivity index (χ2v) is 13.1. The van der Waals surface area contributed by atoms with Crippen LogP contribution in [0.5, 0.6) is 0 Å². The summed E-state index contributed by atoms with van der Waals surface area (Å²) < 4.78 is 70.0. The van der Waals surface area contributed by atoms with Crippen LogP contribution in [-0.2, 0) is 18.0 Å². The number of fused-ring (bicyclic) bond motifs is 1. The van der Waals surface area contributed by atoms with E-state index in [0.717, 1.165) is 29.8 Å². The number of carbonyl (C=O) groups is 4. The lowest BCUT2D eigenvalue weighted by atomic mass is 9.88. The van der Waals surface area contributed by atoms with E-state index in [1.807, 2.05) is 0 Å². The summed E-state index contributed by atoms with van der Waals surface area (Å²) in [6, 6.07) is 2.77. The van der Waals surface area contributed by atoms with E-state index in [4.69, 9.17) is 27.2 Å². The first-order chi connectivity index (χ1) is 23.5. The van der Waals surface area contributed by atoms with Crippen molar-refractivity contribution in [1.29, 1.82) is 0 Å². The number of alkyl halides is 5. The molecule has 268 valence electrons. The van der Waals surface area contributed by atoms with Crippen molar-refractivity contribution >= 4 is 41.6 Å². The molecule has 4 amide bonds. The lowest BCUT2D eigenvalue weighted by Crippen LogP contribution is -2.54. The molecule has 3 unspecified atom stereocenters. The summed E-state index contributed by atoms with van der Waals surface area (Å²) in [5.41, 5.74) is 4.11. The van der Waals surface area contributed by atoms with Crippen LogP contribution in [0.15, 0.2) is 30.6 Å². The predicted molar refractivity (Wildman–Crippen MR) is 165 cm³/mol. The van der Waals surface area contributed by atoms with E-state index in [2.05, 4.69) is 26.0 Å². The third kappa shape index (κ3) is 6.83. The van der Waals surface area contributed by atoms with Gasteiger partial charge in [0.15, 0.2) is 11.5 Å². The zero-order valence-corrected chi connectivity index (χ0v) is 26.9. The fourth-order valence-electron chi connectivity index (χ4n) is 6.45. The van der Waals surface area contributed by atoms with Crippen molar-refractivity contribution in [2.24, 2.45) is 24.6 Å². The van der Waals surface area contributed by atoms with E-state index in [1.54, 1.807) is 4.90 Å². The van der Waals surface area contributed by atoms with Crippen molar-refractivity contribution in [3.05, 3.63) is 52.7 Å². The molecule has 6 N–H and O–H groups in total. The van der Waals surface area contributed by atoms with E-state index >= 15 is 0 Å². The Balaban J connectivity index is 0.00000139. The van der Waals surface area contributed by atoms with Crippen LogP contribution in [0.2, 0.25) is 5.02 Å². The number of hydrogen-bond donors (Lipinski definition) is 5. The number of nitrogens with zero attached hydrogens (tertiary/aromatic N) is 5. The Bertz CT molecular complexity index is 1830. The topological polar surface area (TPSA) is 190 Å². The summed E-state index contributed by atoms with van der Waals surface area (Å²) >= 11 is 6.38. The minimum absolute atomic E-state index is 0.0467. The van der Waals surface area contributed by atoms with Crippen molar-refractivity contribution in [2.75, 3.05) is 18.4 Å². The van der Waals surface area contributed by atoms with Gasteiger partial charge in [0.1, 0.15) is 6.04 Å². The number of nitrogens with one attached hydrogen (secondary N) is 3. The molecule has 3 aromatic rings. The number of benzene rings is 1. The Morgan fingerprint density at radius 3 is 2.32 bits per heavy atom. The van der Waals surface area contributed by atoms with Gasteiger partial charge in [-0.2, -0.15) is 18.3 Å². The third-order valence-electron chi connectivity index (χ3n) is 9.33. The minimum Gasteiger partial charge on any atom is -0.483 e. The molecule has 0 bridgehead atoms. The number of anilines is 1. The van der Waals surface area contributed by atoms with Gasteiger partial charge in [-0.05, 0) is 31.0 Å². The van der Waals surface area contributed by atoms with Crippen LogP contribution < -0.4 is 21.7 Å². The van der Waals surface area contributed by atoms with Gasteiger partial charge in [-0.25, -0.2) is 18.6 Å². The van der Waals surface area contributed by atoms with Gasteiger partial charge in [-0.3, -0.25) is 19.1 Å². The van der Waals surface area contributed by atoms with Crippen LogP contribution in [0.4, 0.5) is 32.4 Å². The maximum atomic E-state index is 13.7. The van der Waals surface area contributed by atoms with Crippen molar-refractivity contribution in [3.63, 3.8) is 0 Å². The molecular weight excluding hydrogens is 697 g/mol. The molecule has 14 nitrogen and oxygen atoms in total. The number of likely N-dealkylation sites (tertiary alicyclic amines) is 1. The van der Waals surface area contributed by atoms with Crippen molar-refractivity contribution in [3.8, 4) is 11.3 Å².